The number of nitrogens with one attached hydrogen (secondary N) is 1. The van der Waals surface area contributed by atoms with Crippen molar-refractivity contribution in [3.63, 3.8) is 0 Å². The van der Waals surface area contributed by atoms with Crippen LogP contribution < -0.4 is 11.1 Å². The van der Waals surface area contributed by atoms with Crippen molar-refractivity contribution in [1.82, 2.24) is 15.2 Å². The zero-order valence-electron chi connectivity index (χ0n) is 14.9. The number of likely N-dealkylation sites (tertiary alicyclic amines) is 1. The quantitative estimate of drug-likeness (QED) is 0.589. The first kappa shape index (κ1) is 17.9. The van der Waals surface area contributed by atoms with Crippen LogP contribution in [0.15, 0.2) is 53.7 Å². The van der Waals surface area contributed by atoms with Crippen LogP contribution in [0.25, 0.3) is 0 Å². The molecular formula is C20H25N5O. The Morgan fingerprint density at radius 1 is 1.19 bits per heavy atom. The van der Waals surface area contributed by atoms with Crippen molar-refractivity contribution in [2.45, 2.75) is 32.4 Å². The number of pyridine rings is 1. The highest BCUT2D eigenvalue weighted by molar-refractivity contribution is 5.78. The van der Waals surface area contributed by atoms with E-state index in [1.54, 1.807) is 6.20 Å². The van der Waals surface area contributed by atoms with Crippen LogP contribution in [0.5, 0.6) is 0 Å². The first-order chi connectivity index (χ1) is 12.7. The Hall–Kier alpha value is -2.89. The van der Waals surface area contributed by atoms with Gasteiger partial charge in [0.15, 0.2) is 5.96 Å². The van der Waals surface area contributed by atoms with Crippen LogP contribution in [-0.4, -0.2) is 34.8 Å². The van der Waals surface area contributed by atoms with E-state index in [1.165, 1.54) is 0 Å². The Kier molecular flexibility index (Phi) is 6.19. The molecule has 6 heteroatoms. The van der Waals surface area contributed by atoms with Crippen LogP contribution in [0.3, 0.4) is 0 Å². The van der Waals surface area contributed by atoms with Crippen molar-refractivity contribution < 1.29 is 4.79 Å². The Morgan fingerprint density at radius 3 is 2.69 bits per heavy atom. The maximum Gasteiger partial charge on any atom is 0.222 e. The van der Waals surface area contributed by atoms with E-state index in [0.717, 1.165) is 36.2 Å². The van der Waals surface area contributed by atoms with Gasteiger partial charge in [-0.3, -0.25) is 9.78 Å². The Balaban J connectivity index is 1.43. The zero-order valence-corrected chi connectivity index (χ0v) is 14.9. The summed E-state index contributed by atoms with van der Waals surface area (Å²) >= 11 is 0. The van der Waals surface area contributed by atoms with Gasteiger partial charge in [-0.15, -0.1) is 0 Å². The van der Waals surface area contributed by atoms with Crippen LogP contribution in [0.2, 0.25) is 0 Å². The number of benzene rings is 1. The highest BCUT2D eigenvalue weighted by atomic mass is 16.2. The second-order valence-electron chi connectivity index (χ2n) is 6.43. The molecule has 2 aromatic rings. The van der Waals surface area contributed by atoms with Crippen molar-refractivity contribution in [2.24, 2.45) is 10.7 Å². The summed E-state index contributed by atoms with van der Waals surface area (Å²) in [6.45, 7) is 2.80. The number of aromatic nitrogens is 1. The van der Waals surface area contributed by atoms with Crippen LogP contribution in [-0.2, 0) is 24.3 Å². The lowest BCUT2D eigenvalue weighted by atomic mass is 10.1. The number of nitrogens with two attached hydrogens (primary N) is 1. The van der Waals surface area contributed by atoms with E-state index < -0.39 is 0 Å². The number of carbonyl (C=O) groups excluding carboxylic acids is 1. The fourth-order valence-electron chi connectivity index (χ4n) is 2.94. The number of hydrogen-bond donors (Lipinski definition) is 2. The molecule has 0 aliphatic carbocycles. The van der Waals surface area contributed by atoms with E-state index >= 15 is 0 Å². The Labute approximate surface area is 154 Å². The van der Waals surface area contributed by atoms with Crippen LogP contribution in [0, 0.1) is 0 Å². The van der Waals surface area contributed by atoms with Crippen molar-refractivity contribution >= 4 is 11.9 Å². The maximum atomic E-state index is 11.7. The van der Waals surface area contributed by atoms with Gasteiger partial charge in [0.25, 0.3) is 0 Å². The summed E-state index contributed by atoms with van der Waals surface area (Å²) in [4.78, 5) is 22.2. The maximum absolute atomic E-state index is 11.7. The number of aliphatic imine (C=N–C) groups is 1. The summed E-state index contributed by atoms with van der Waals surface area (Å²) in [5, 5.41) is 3.11. The minimum Gasteiger partial charge on any atom is -0.370 e. The van der Waals surface area contributed by atoms with Crippen molar-refractivity contribution in [1.29, 1.82) is 0 Å². The molecule has 3 rings (SSSR count). The smallest absolute Gasteiger partial charge is 0.222 e. The van der Waals surface area contributed by atoms with Crippen molar-refractivity contribution in [3.8, 4) is 0 Å². The van der Waals surface area contributed by atoms with Gasteiger partial charge in [-0.25, -0.2) is 4.99 Å². The molecule has 3 N–H and O–H groups in total. The van der Waals surface area contributed by atoms with E-state index in [1.807, 2.05) is 35.2 Å². The number of guanidine groups is 1. The van der Waals surface area contributed by atoms with Crippen LogP contribution in [0.1, 0.15) is 29.7 Å². The molecule has 0 bridgehead atoms. The molecule has 26 heavy (non-hydrogen) atoms. The summed E-state index contributed by atoms with van der Waals surface area (Å²) in [5.74, 6) is 0.691. The van der Waals surface area contributed by atoms with Gasteiger partial charge in [-0.1, -0.05) is 30.3 Å². The van der Waals surface area contributed by atoms with E-state index in [0.29, 0.717) is 32.0 Å². The molecule has 1 aromatic heterocycles. The molecule has 0 atom stereocenters. The third-order valence-electron chi connectivity index (χ3n) is 4.41. The summed E-state index contributed by atoms with van der Waals surface area (Å²) in [7, 11) is 0. The van der Waals surface area contributed by atoms with Gasteiger partial charge in [0.2, 0.25) is 5.91 Å². The monoisotopic (exact) mass is 351 g/mol. The number of amides is 1. The molecule has 1 saturated heterocycles. The fraction of sp³-hybridized carbons (Fsp3) is 0.350. The molecule has 6 nitrogen and oxygen atoms in total. The molecule has 0 saturated carbocycles. The number of nitrogens with zero attached hydrogens (tertiary/aromatic N) is 3. The highest BCUT2D eigenvalue weighted by Gasteiger charge is 2.19. The fourth-order valence-corrected chi connectivity index (χ4v) is 2.94. The molecule has 0 unspecified atom stereocenters. The minimum absolute atomic E-state index is 0.253. The molecule has 136 valence electrons. The number of rotatable bonds is 7. The average molecular weight is 351 g/mol. The van der Waals surface area contributed by atoms with Gasteiger partial charge in [0, 0.05) is 44.4 Å². The van der Waals surface area contributed by atoms with Gasteiger partial charge < -0.3 is 16.0 Å². The second-order valence-corrected chi connectivity index (χ2v) is 6.43. The van der Waals surface area contributed by atoms with Gasteiger partial charge in [0.1, 0.15) is 0 Å². The Bertz CT molecular complexity index is 743. The summed E-state index contributed by atoms with van der Waals surface area (Å²) in [6, 6.07) is 14.1. The standard InChI is InChI=1S/C20H25N5O/c21-20(23-12-10-18-4-1-2-11-22-18)24-14-16-6-8-17(9-7-16)15-25-13-3-5-19(25)26/h1-2,4,6-9,11H,3,5,10,12-15H2,(H3,21,23,24). The van der Waals surface area contributed by atoms with E-state index in [-0.39, 0.29) is 5.91 Å². The molecule has 2 heterocycles. The van der Waals surface area contributed by atoms with Crippen LogP contribution >= 0.6 is 0 Å². The van der Waals surface area contributed by atoms with Crippen LogP contribution in [0.4, 0.5) is 0 Å². The zero-order chi connectivity index (χ0) is 18.2. The first-order valence-electron chi connectivity index (χ1n) is 9.00. The molecule has 1 aromatic carbocycles. The van der Waals surface area contributed by atoms with Crippen molar-refractivity contribution in [3.05, 3.63) is 65.5 Å². The molecule has 1 aliphatic rings. The normalized spacial score (nSPS) is 14.7. The average Bonchev–Trinajstić information content (AvgIpc) is 3.07. The predicted octanol–water partition coefficient (Wildman–Crippen LogP) is 1.85. The van der Waals surface area contributed by atoms with Gasteiger partial charge in [-0.05, 0) is 29.7 Å². The molecule has 0 radical (unpaired) electrons. The Morgan fingerprint density at radius 2 is 2.00 bits per heavy atom. The third-order valence-corrected chi connectivity index (χ3v) is 4.41. The highest BCUT2D eigenvalue weighted by Crippen LogP contribution is 2.15. The molecular weight excluding hydrogens is 326 g/mol. The van der Waals surface area contributed by atoms with E-state index in [2.05, 4.69) is 27.4 Å². The number of hydrogen-bond acceptors (Lipinski definition) is 3. The lowest BCUT2D eigenvalue weighted by Crippen LogP contribution is -2.33. The molecule has 1 aliphatic heterocycles. The minimum atomic E-state index is 0.253. The lowest BCUT2D eigenvalue weighted by molar-refractivity contribution is -0.128. The van der Waals surface area contributed by atoms with Gasteiger partial charge in [0.05, 0.1) is 6.54 Å². The van der Waals surface area contributed by atoms with Gasteiger partial charge in [-0.2, -0.15) is 0 Å². The molecule has 1 fully saturated rings. The second kappa shape index (κ2) is 8.99. The van der Waals surface area contributed by atoms with Gasteiger partial charge >= 0.3 is 0 Å². The SMILES string of the molecule is NC(=NCc1ccc(CN2CCCC2=O)cc1)NCCc1ccccn1. The molecule has 1 amide bonds. The number of carbonyl (C=O) groups is 1. The summed E-state index contributed by atoms with van der Waals surface area (Å²) < 4.78 is 0. The summed E-state index contributed by atoms with van der Waals surface area (Å²) in [5.41, 5.74) is 9.18. The molecule has 0 spiro atoms. The van der Waals surface area contributed by atoms with E-state index in [9.17, 15) is 4.79 Å². The third kappa shape index (κ3) is 5.31. The predicted molar refractivity (Wildman–Crippen MR) is 102 cm³/mol. The topological polar surface area (TPSA) is 83.6 Å². The van der Waals surface area contributed by atoms with Crippen molar-refractivity contribution in [2.75, 3.05) is 13.1 Å². The largest absolute Gasteiger partial charge is 0.370 e. The lowest BCUT2D eigenvalue weighted by Gasteiger charge is -2.15. The first-order valence-corrected chi connectivity index (χ1v) is 9.00. The van der Waals surface area contributed by atoms with E-state index in [4.69, 9.17) is 5.73 Å². The summed E-state index contributed by atoms with van der Waals surface area (Å²) in [6.07, 6.45) is 4.24.